The van der Waals surface area contributed by atoms with Crippen molar-refractivity contribution in [3.05, 3.63) is 59.7 Å². The van der Waals surface area contributed by atoms with Crippen LogP contribution >= 0.6 is 0 Å². The van der Waals surface area contributed by atoms with Crippen LogP contribution in [-0.2, 0) is 19.9 Å². The fourth-order valence-electron chi connectivity index (χ4n) is 3.94. The molecule has 2 aliphatic heterocycles. The summed E-state index contributed by atoms with van der Waals surface area (Å²) in [5.41, 5.74) is -0.981. The summed E-state index contributed by atoms with van der Waals surface area (Å²) in [5.74, 6) is -3.98. The van der Waals surface area contributed by atoms with E-state index in [-0.39, 0.29) is 30.9 Å². The lowest BCUT2D eigenvalue weighted by atomic mass is 9.90. The molecule has 2 amide bonds. The average molecular weight is 488 g/mol. The Hall–Kier alpha value is -3.28. The smallest absolute Gasteiger partial charge is 0.428 e. The highest BCUT2D eigenvalue weighted by atomic mass is 19.3. The molecule has 2 atom stereocenters. The summed E-state index contributed by atoms with van der Waals surface area (Å²) in [6, 6.07) is 6.58. The van der Waals surface area contributed by atoms with Crippen LogP contribution in [0.5, 0.6) is 5.75 Å². The van der Waals surface area contributed by atoms with Crippen molar-refractivity contribution < 1.29 is 45.4 Å². The molecule has 0 radical (unpaired) electrons. The van der Waals surface area contributed by atoms with E-state index in [1.54, 1.807) is 6.92 Å². The van der Waals surface area contributed by atoms with Crippen LogP contribution in [0.3, 0.4) is 0 Å². The molecule has 0 spiro atoms. The van der Waals surface area contributed by atoms with Crippen molar-refractivity contribution in [2.45, 2.75) is 31.1 Å². The van der Waals surface area contributed by atoms with Crippen LogP contribution in [0.1, 0.15) is 12.5 Å². The van der Waals surface area contributed by atoms with Crippen LogP contribution < -0.4 is 9.64 Å². The maximum atomic E-state index is 14.4. The van der Waals surface area contributed by atoms with Crippen molar-refractivity contribution in [3.8, 4) is 5.75 Å². The lowest BCUT2D eigenvalue weighted by Gasteiger charge is -2.39. The zero-order chi connectivity index (χ0) is 24.8. The standard InChI is InChI=1S/C22H18F6N2O4/c1-12(21(11-33-21)16-7-2-13(23)10-17(16)24)29-8-9-30(19(32)18(29)31)14-3-5-15(6-4-14)34-22(27,28)20(25)26/h2-7,10,12,20H,8-9,11H2,1H3/t12-,21+/m1/s1. The Morgan fingerprint density at radius 2 is 1.68 bits per heavy atom. The normalized spacial score (nSPS) is 21.8. The Bertz CT molecular complexity index is 1110. The summed E-state index contributed by atoms with van der Waals surface area (Å²) in [5, 5.41) is 0. The molecule has 4 rings (SSSR count). The third-order valence-corrected chi connectivity index (χ3v) is 5.89. The summed E-state index contributed by atoms with van der Waals surface area (Å²) >= 11 is 0. The minimum absolute atomic E-state index is 0.0181. The van der Waals surface area contributed by atoms with E-state index in [0.717, 1.165) is 23.1 Å². The van der Waals surface area contributed by atoms with E-state index in [1.165, 1.54) is 23.1 Å². The Kier molecular flexibility index (Phi) is 5.96. The maximum Gasteiger partial charge on any atom is 0.461 e. The fraction of sp³-hybridized carbons (Fsp3) is 0.364. The number of hydrogen-bond acceptors (Lipinski definition) is 4. The van der Waals surface area contributed by atoms with E-state index in [9.17, 15) is 35.9 Å². The molecular weight excluding hydrogens is 470 g/mol. The van der Waals surface area contributed by atoms with Crippen molar-refractivity contribution in [2.24, 2.45) is 0 Å². The molecule has 2 saturated heterocycles. The number of carbonyl (C=O) groups excluding carboxylic acids is 2. The molecule has 0 aliphatic carbocycles. The number of rotatable bonds is 7. The van der Waals surface area contributed by atoms with Gasteiger partial charge in [-0.05, 0) is 37.3 Å². The van der Waals surface area contributed by atoms with Crippen molar-refractivity contribution in [2.75, 3.05) is 24.6 Å². The van der Waals surface area contributed by atoms with Gasteiger partial charge in [0, 0.05) is 30.4 Å². The first-order valence-corrected chi connectivity index (χ1v) is 10.1. The molecule has 182 valence electrons. The van der Waals surface area contributed by atoms with Gasteiger partial charge in [-0.25, -0.2) is 8.78 Å². The van der Waals surface area contributed by atoms with Gasteiger partial charge in [-0.3, -0.25) is 9.59 Å². The van der Waals surface area contributed by atoms with Crippen LogP contribution in [0.25, 0.3) is 0 Å². The van der Waals surface area contributed by atoms with E-state index in [1.807, 2.05) is 0 Å². The predicted octanol–water partition coefficient (Wildman–Crippen LogP) is 3.69. The van der Waals surface area contributed by atoms with Gasteiger partial charge in [-0.1, -0.05) is 6.07 Å². The van der Waals surface area contributed by atoms with Crippen LogP contribution in [0.2, 0.25) is 0 Å². The van der Waals surface area contributed by atoms with E-state index >= 15 is 0 Å². The quantitative estimate of drug-likeness (QED) is 0.339. The van der Waals surface area contributed by atoms with E-state index in [4.69, 9.17) is 4.74 Å². The number of halogens is 6. The maximum absolute atomic E-state index is 14.4. The highest BCUT2D eigenvalue weighted by molar-refractivity contribution is 6.41. The predicted molar refractivity (Wildman–Crippen MR) is 106 cm³/mol. The van der Waals surface area contributed by atoms with Gasteiger partial charge in [0.2, 0.25) is 0 Å². The van der Waals surface area contributed by atoms with Gasteiger partial charge in [0.05, 0.1) is 12.6 Å². The van der Waals surface area contributed by atoms with Crippen LogP contribution in [0.4, 0.5) is 32.0 Å². The lowest BCUT2D eigenvalue weighted by molar-refractivity contribution is -0.253. The molecule has 2 aromatic carbocycles. The second-order valence-corrected chi connectivity index (χ2v) is 7.89. The number of nitrogens with zero attached hydrogens (tertiary/aromatic N) is 2. The van der Waals surface area contributed by atoms with Gasteiger partial charge in [0.15, 0.2) is 0 Å². The molecule has 34 heavy (non-hydrogen) atoms. The molecule has 2 heterocycles. The molecule has 0 aromatic heterocycles. The van der Waals surface area contributed by atoms with E-state index in [0.29, 0.717) is 6.07 Å². The minimum atomic E-state index is -4.68. The van der Waals surface area contributed by atoms with Crippen LogP contribution in [-0.4, -0.2) is 55.0 Å². The molecule has 12 heteroatoms. The van der Waals surface area contributed by atoms with Crippen molar-refractivity contribution in [1.82, 2.24) is 4.90 Å². The topological polar surface area (TPSA) is 62.4 Å². The van der Waals surface area contributed by atoms with Gasteiger partial charge in [0.1, 0.15) is 23.0 Å². The SMILES string of the molecule is C[C@@H](N1CCN(c2ccc(OC(F)(F)C(F)F)cc2)C(=O)C1=O)[C@]1(c2ccc(F)cc2F)CO1. The highest BCUT2D eigenvalue weighted by Gasteiger charge is 2.56. The molecule has 0 unspecified atom stereocenters. The average Bonchev–Trinajstić information content (AvgIpc) is 3.57. The molecule has 0 bridgehead atoms. The second kappa shape index (κ2) is 8.49. The minimum Gasteiger partial charge on any atom is -0.428 e. The number of amides is 2. The van der Waals surface area contributed by atoms with Crippen molar-refractivity contribution in [3.63, 3.8) is 0 Å². The third-order valence-electron chi connectivity index (χ3n) is 5.89. The number of ether oxygens (including phenoxy) is 2. The summed E-state index contributed by atoms with van der Waals surface area (Å²) in [6.07, 6.45) is -8.71. The fourth-order valence-corrected chi connectivity index (χ4v) is 3.94. The summed E-state index contributed by atoms with van der Waals surface area (Å²) in [6.45, 7) is 1.72. The summed E-state index contributed by atoms with van der Waals surface area (Å²) in [7, 11) is 0. The van der Waals surface area contributed by atoms with Gasteiger partial charge in [-0.15, -0.1) is 0 Å². The molecule has 6 nitrogen and oxygen atoms in total. The molecule has 2 aliphatic rings. The largest absolute Gasteiger partial charge is 0.461 e. The van der Waals surface area contributed by atoms with Gasteiger partial charge in [0.25, 0.3) is 0 Å². The highest BCUT2D eigenvalue weighted by Crippen LogP contribution is 2.45. The van der Waals surface area contributed by atoms with Gasteiger partial charge >= 0.3 is 24.3 Å². The summed E-state index contributed by atoms with van der Waals surface area (Å²) < 4.78 is 87.8. The number of anilines is 1. The van der Waals surface area contributed by atoms with Crippen molar-refractivity contribution >= 4 is 17.5 Å². The number of alkyl halides is 4. The third kappa shape index (κ3) is 4.17. The summed E-state index contributed by atoms with van der Waals surface area (Å²) in [4.78, 5) is 27.9. The van der Waals surface area contributed by atoms with E-state index in [2.05, 4.69) is 4.74 Å². The Labute approximate surface area is 189 Å². The first-order valence-electron chi connectivity index (χ1n) is 10.1. The number of hydrogen-bond donors (Lipinski definition) is 0. The Morgan fingerprint density at radius 3 is 2.24 bits per heavy atom. The lowest BCUT2D eigenvalue weighted by Crippen LogP contribution is -2.59. The van der Waals surface area contributed by atoms with Crippen LogP contribution in [0, 0.1) is 11.6 Å². The van der Waals surface area contributed by atoms with Gasteiger partial charge < -0.3 is 19.3 Å². The number of carbonyl (C=O) groups is 2. The number of piperazine rings is 1. The van der Waals surface area contributed by atoms with E-state index < -0.39 is 53.4 Å². The monoisotopic (exact) mass is 488 g/mol. The van der Waals surface area contributed by atoms with Crippen molar-refractivity contribution in [1.29, 1.82) is 0 Å². The number of epoxide rings is 1. The molecule has 0 N–H and O–H groups in total. The first kappa shape index (κ1) is 23.9. The molecular formula is C22H18F6N2O4. The zero-order valence-corrected chi connectivity index (χ0v) is 17.6. The molecule has 2 fully saturated rings. The molecule has 0 saturated carbocycles. The second-order valence-electron chi connectivity index (χ2n) is 7.89. The zero-order valence-electron chi connectivity index (χ0n) is 17.6. The Morgan fingerprint density at radius 1 is 1.03 bits per heavy atom. The van der Waals surface area contributed by atoms with Gasteiger partial charge in [-0.2, -0.15) is 17.6 Å². The number of benzene rings is 2. The molecule has 2 aromatic rings. The first-order chi connectivity index (χ1) is 16.0. The Balaban J connectivity index is 1.48. The van der Waals surface area contributed by atoms with Crippen LogP contribution in [0.15, 0.2) is 42.5 Å².